The van der Waals surface area contributed by atoms with Crippen molar-refractivity contribution >= 4 is 55.3 Å². The molecule has 1 saturated heterocycles. The summed E-state index contributed by atoms with van der Waals surface area (Å²) in [6.07, 6.45) is 3.20. The predicted octanol–water partition coefficient (Wildman–Crippen LogP) is 3.90. The van der Waals surface area contributed by atoms with E-state index in [0.29, 0.717) is 22.6 Å². The molecule has 1 aliphatic heterocycles. The molecule has 1 aliphatic rings. The van der Waals surface area contributed by atoms with E-state index in [9.17, 15) is 13.2 Å². The summed E-state index contributed by atoms with van der Waals surface area (Å²) >= 11 is 8.67. The highest BCUT2D eigenvalue weighted by Crippen LogP contribution is 2.33. The Morgan fingerprint density at radius 2 is 2.04 bits per heavy atom. The summed E-state index contributed by atoms with van der Waals surface area (Å²) in [4.78, 5) is 18.1. The summed E-state index contributed by atoms with van der Waals surface area (Å²) in [5.74, 6) is -0.407. The number of amides is 1. The van der Waals surface area contributed by atoms with Crippen molar-refractivity contribution in [1.82, 2.24) is 13.9 Å². The zero-order valence-corrected chi connectivity index (χ0v) is 18.1. The Bertz CT molecular complexity index is 1130. The van der Waals surface area contributed by atoms with Crippen LogP contribution in [0.25, 0.3) is 10.6 Å². The molecule has 3 aromatic rings. The lowest BCUT2D eigenvalue weighted by Gasteiger charge is -2.13. The van der Waals surface area contributed by atoms with Gasteiger partial charge in [-0.25, -0.2) is 13.4 Å². The number of hydrogen-bond acceptors (Lipinski definition) is 6. The quantitative estimate of drug-likeness (QED) is 0.631. The van der Waals surface area contributed by atoms with Crippen LogP contribution >= 0.6 is 34.3 Å². The van der Waals surface area contributed by atoms with E-state index in [4.69, 9.17) is 11.6 Å². The average molecular weight is 457 g/mol. The van der Waals surface area contributed by atoms with Gasteiger partial charge >= 0.3 is 0 Å². The molecule has 0 saturated carbocycles. The molecule has 0 aliphatic carbocycles. The molecule has 1 amide bonds. The number of rotatable bonds is 5. The molecule has 4 rings (SSSR count). The second-order valence-corrected chi connectivity index (χ2v) is 10.9. The number of nitrogens with one attached hydrogen (secondary N) is 1. The molecule has 11 heteroatoms. The van der Waals surface area contributed by atoms with Crippen LogP contribution in [-0.4, -0.2) is 41.3 Å². The van der Waals surface area contributed by atoms with Crippen molar-refractivity contribution in [3.8, 4) is 10.6 Å². The number of sulfonamides is 1. The Labute approximate surface area is 175 Å². The third-order valence-corrected chi connectivity index (χ3v) is 8.34. The standard InChI is InChI=1S/C17H17ClN4O3S3/c1-21-9-11(28(24,25)22-6-2-3-7-22)8-13(21)16(23)20-17-19-12(10-26-17)14-4-5-15(18)27-14/h4-5,8-10H,2-3,6-7H2,1H3,(H,19,20,23). The summed E-state index contributed by atoms with van der Waals surface area (Å²) in [6.45, 7) is 1.04. The maximum atomic E-state index is 12.7. The summed E-state index contributed by atoms with van der Waals surface area (Å²) in [6, 6.07) is 5.09. The van der Waals surface area contributed by atoms with Gasteiger partial charge in [0.25, 0.3) is 5.91 Å². The molecule has 0 spiro atoms. The Hall–Kier alpha value is -1.72. The lowest BCUT2D eigenvalue weighted by Crippen LogP contribution is -2.27. The van der Waals surface area contributed by atoms with Crippen molar-refractivity contribution in [2.75, 3.05) is 18.4 Å². The second kappa shape index (κ2) is 7.60. The molecule has 3 aromatic heterocycles. The van der Waals surface area contributed by atoms with E-state index in [1.165, 1.54) is 43.8 Å². The number of thiophene rings is 1. The van der Waals surface area contributed by atoms with Gasteiger partial charge in [-0.1, -0.05) is 11.6 Å². The van der Waals surface area contributed by atoms with Crippen LogP contribution in [-0.2, 0) is 17.1 Å². The fourth-order valence-electron chi connectivity index (χ4n) is 3.04. The summed E-state index contributed by atoms with van der Waals surface area (Å²) in [5.41, 5.74) is 0.995. The molecule has 0 bridgehead atoms. The van der Waals surface area contributed by atoms with Crippen LogP contribution in [0.5, 0.6) is 0 Å². The van der Waals surface area contributed by atoms with Gasteiger partial charge < -0.3 is 4.57 Å². The first-order valence-corrected chi connectivity index (χ1v) is 12.0. The normalized spacial score (nSPS) is 15.2. The number of aromatic nitrogens is 2. The average Bonchev–Trinajstić information content (AvgIpc) is 3.41. The van der Waals surface area contributed by atoms with Crippen LogP contribution in [0.15, 0.2) is 34.7 Å². The minimum atomic E-state index is -3.57. The summed E-state index contributed by atoms with van der Waals surface area (Å²) in [5, 5.41) is 5.02. The largest absolute Gasteiger partial charge is 0.345 e. The Balaban J connectivity index is 1.53. The zero-order valence-electron chi connectivity index (χ0n) is 14.9. The number of carbonyl (C=O) groups is 1. The van der Waals surface area contributed by atoms with E-state index in [2.05, 4.69) is 10.3 Å². The fraction of sp³-hybridized carbons (Fsp3) is 0.294. The van der Waals surface area contributed by atoms with Crippen LogP contribution in [0.3, 0.4) is 0 Å². The van der Waals surface area contributed by atoms with Gasteiger partial charge in [0.2, 0.25) is 10.0 Å². The van der Waals surface area contributed by atoms with Gasteiger partial charge in [0.15, 0.2) is 5.13 Å². The molecule has 0 unspecified atom stereocenters. The summed E-state index contributed by atoms with van der Waals surface area (Å²) < 4.78 is 29.1. The Kier molecular flexibility index (Phi) is 5.32. The van der Waals surface area contributed by atoms with E-state index in [1.807, 2.05) is 11.4 Å². The Morgan fingerprint density at radius 1 is 1.29 bits per heavy atom. The van der Waals surface area contributed by atoms with Crippen LogP contribution < -0.4 is 5.32 Å². The number of aryl methyl sites for hydroxylation is 1. The molecule has 148 valence electrons. The molecule has 7 nitrogen and oxygen atoms in total. The molecular weight excluding hydrogens is 440 g/mol. The van der Waals surface area contributed by atoms with Crippen molar-refractivity contribution in [3.05, 3.63) is 39.8 Å². The highest BCUT2D eigenvalue weighted by molar-refractivity contribution is 7.89. The topological polar surface area (TPSA) is 84.3 Å². The zero-order chi connectivity index (χ0) is 19.9. The van der Waals surface area contributed by atoms with Crippen molar-refractivity contribution in [1.29, 1.82) is 0 Å². The predicted molar refractivity (Wildman–Crippen MR) is 112 cm³/mol. The van der Waals surface area contributed by atoms with Crippen LogP contribution in [0.2, 0.25) is 4.34 Å². The van der Waals surface area contributed by atoms with Crippen molar-refractivity contribution < 1.29 is 13.2 Å². The number of thiazole rings is 1. The highest BCUT2D eigenvalue weighted by atomic mass is 35.5. The van der Waals surface area contributed by atoms with Crippen molar-refractivity contribution in [2.24, 2.45) is 7.05 Å². The second-order valence-electron chi connectivity index (χ2n) is 6.38. The number of halogens is 1. The smallest absolute Gasteiger partial charge is 0.274 e. The number of hydrogen-bond donors (Lipinski definition) is 1. The first kappa shape index (κ1) is 19.6. The van der Waals surface area contributed by atoms with Crippen LogP contribution in [0.1, 0.15) is 23.3 Å². The third kappa shape index (κ3) is 3.74. The highest BCUT2D eigenvalue weighted by Gasteiger charge is 2.29. The molecule has 0 atom stereocenters. The fourth-order valence-corrected chi connectivity index (χ4v) is 6.41. The van der Waals surface area contributed by atoms with E-state index < -0.39 is 15.9 Å². The maximum Gasteiger partial charge on any atom is 0.274 e. The van der Waals surface area contributed by atoms with Crippen LogP contribution in [0, 0.1) is 0 Å². The van der Waals surface area contributed by atoms with Gasteiger partial charge in [-0.3, -0.25) is 10.1 Å². The van der Waals surface area contributed by atoms with E-state index in [1.54, 1.807) is 13.1 Å². The van der Waals surface area contributed by atoms with Crippen LogP contribution in [0.4, 0.5) is 5.13 Å². The minimum Gasteiger partial charge on any atom is -0.345 e. The first-order chi connectivity index (χ1) is 13.3. The van der Waals surface area contributed by atoms with Gasteiger partial charge in [0.05, 0.1) is 14.9 Å². The molecule has 0 radical (unpaired) electrons. The van der Waals surface area contributed by atoms with E-state index in [-0.39, 0.29) is 10.6 Å². The lowest BCUT2D eigenvalue weighted by atomic mass is 10.4. The van der Waals surface area contributed by atoms with Gasteiger partial charge in [-0.15, -0.1) is 22.7 Å². The first-order valence-electron chi connectivity index (χ1n) is 8.54. The van der Waals surface area contributed by atoms with E-state index >= 15 is 0 Å². The molecule has 4 heterocycles. The lowest BCUT2D eigenvalue weighted by molar-refractivity contribution is 0.101. The van der Waals surface area contributed by atoms with Crippen molar-refractivity contribution in [3.63, 3.8) is 0 Å². The molecular formula is C17H17ClN4O3S3. The van der Waals surface area contributed by atoms with Gasteiger partial charge in [0.1, 0.15) is 10.6 Å². The number of carbonyl (C=O) groups excluding carboxylic acids is 1. The maximum absolute atomic E-state index is 12.7. The Morgan fingerprint density at radius 3 is 2.71 bits per heavy atom. The van der Waals surface area contributed by atoms with E-state index in [0.717, 1.165) is 23.4 Å². The molecule has 28 heavy (non-hydrogen) atoms. The molecule has 1 N–H and O–H groups in total. The summed E-state index contributed by atoms with van der Waals surface area (Å²) in [7, 11) is -1.92. The van der Waals surface area contributed by atoms with Gasteiger partial charge in [0, 0.05) is 31.7 Å². The van der Waals surface area contributed by atoms with Gasteiger partial charge in [-0.2, -0.15) is 4.31 Å². The number of anilines is 1. The SMILES string of the molecule is Cn1cc(S(=O)(=O)N2CCCC2)cc1C(=O)Nc1nc(-c2ccc(Cl)s2)cs1. The molecule has 0 aromatic carbocycles. The third-order valence-electron chi connectivity index (χ3n) is 4.47. The van der Waals surface area contributed by atoms with Gasteiger partial charge in [-0.05, 0) is 31.0 Å². The van der Waals surface area contributed by atoms with Crippen molar-refractivity contribution in [2.45, 2.75) is 17.7 Å². The number of nitrogens with zero attached hydrogens (tertiary/aromatic N) is 3. The molecule has 1 fully saturated rings. The minimum absolute atomic E-state index is 0.134. The monoisotopic (exact) mass is 456 g/mol.